The molecule has 134 valence electrons. The molecular weight excluding hydrogens is 340 g/mol. The topological polar surface area (TPSA) is 76.6 Å². The zero-order valence-electron chi connectivity index (χ0n) is 14.3. The van der Waals surface area contributed by atoms with Crippen molar-refractivity contribution in [2.75, 3.05) is 6.61 Å². The van der Waals surface area contributed by atoms with Crippen LogP contribution in [0.15, 0.2) is 48.4 Å². The molecule has 0 aliphatic rings. The van der Waals surface area contributed by atoms with E-state index in [1.54, 1.807) is 30.6 Å². The Kier molecular flexibility index (Phi) is 5.31. The maximum absolute atomic E-state index is 12.6. The van der Waals surface area contributed by atoms with Crippen LogP contribution < -0.4 is 4.74 Å². The van der Waals surface area contributed by atoms with Gasteiger partial charge in [-0.3, -0.25) is 10.1 Å². The van der Waals surface area contributed by atoms with Crippen LogP contribution in [0.2, 0.25) is 0 Å². The summed E-state index contributed by atoms with van der Waals surface area (Å²) in [5, 5.41) is 14.7. The molecule has 3 aromatic heterocycles. The number of rotatable bonds is 6. The molecule has 0 spiro atoms. The van der Waals surface area contributed by atoms with Gasteiger partial charge in [-0.05, 0) is 43.2 Å². The molecule has 0 amide bonds. The van der Waals surface area contributed by atoms with Crippen LogP contribution in [0.5, 0.6) is 5.88 Å². The summed E-state index contributed by atoms with van der Waals surface area (Å²) in [6, 6.07) is 6.49. The number of alkyl halides is 2. The summed E-state index contributed by atoms with van der Waals surface area (Å²) in [5.41, 5.74) is 3.87. The molecular formula is C18H17F2N5O. The second-order valence-corrected chi connectivity index (χ2v) is 5.72. The molecule has 0 unspecified atom stereocenters. The first-order valence-electron chi connectivity index (χ1n) is 7.91. The van der Waals surface area contributed by atoms with E-state index in [9.17, 15) is 8.78 Å². The number of allylic oxidation sites excluding steroid dienone is 1. The number of pyridine rings is 1. The molecule has 3 aromatic rings. The normalized spacial score (nSPS) is 12.2. The minimum absolute atomic E-state index is 0.0940. The molecule has 0 fully saturated rings. The zero-order valence-corrected chi connectivity index (χ0v) is 14.3. The molecule has 3 rings (SSSR count). The van der Waals surface area contributed by atoms with Gasteiger partial charge in [0.2, 0.25) is 5.88 Å². The number of H-pyrrole nitrogens is 1. The van der Waals surface area contributed by atoms with Crippen molar-refractivity contribution in [1.82, 2.24) is 25.4 Å². The van der Waals surface area contributed by atoms with Gasteiger partial charge in [0.25, 0.3) is 6.43 Å². The van der Waals surface area contributed by atoms with E-state index in [2.05, 4.69) is 25.4 Å². The van der Waals surface area contributed by atoms with E-state index in [0.717, 1.165) is 16.7 Å². The van der Waals surface area contributed by atoms with Crippen LogP contribution in [0.1, 0.15) is 31.5 Å². The van der Waals surface area contributed by atoms with Gasteiger partial charge >= 0.3 is 0 Å². The van der Waals surface area contributed by atoms with Crippen molar-refractivity contribution in [1.29, 1.82) is 0 Å². The van der Waals surface area contributed by atoms with E-state index < -0.39 is 6.43 Å². The molecule has 6 nitrogen and oxygen atoms in total. The lowest BCUT2D eigenvalue weighted by Gasteiger charge is -2.10. The highest BCUT2D eigenvalue weighted by Gasteiger charge is 2.09. The predicted octanol–water partition coefficient (Wildman–Crippen LogP) is 4.07. The van der Waals surface area contributed by atoms with Crippen LogP contribution in [0.4, 0.5) is 8.78 Å². The quantitative estimate of drug-likeness (QED) is 0.719. The van der Waals surface area contributed by atoms with Crippen molar-refractivity contribution in [2.24, 2.45) is 0 Å². The van der Waals surface area contributed by atoms with E-state index in [1.807, 2.05) is 13.8 Å². The van der Waals surface area contributed by atoms with E-state index >= 15 is 0 Å². The van der Waals surface area contributed by atoms with Gasteiger partial charge in [0, 0.05) is 29.6 Å². The van der Waals surface area contributed by atoms with Gasteiger partial charge in [-0.1, -0.05) is 0 Å². The van der Waals surface area contributed by atoms with Crippen LogP contribution in [0, 0.1) is 0 Å². The SMILES string of the molecule is C/C(COc1ccc(-c2cn[nH]c2)nn1)=C(\C)c1ccc(C(F)F)cn1. The lowest BCUT2D eigenvalue weighted by Crippen LogP contribution is -2.03. The van der Waals surface area contributed by atoms with Gasteiger partial charge in [0.05, 0.1) is 17.6 Å². The summed E-state index contributed by atoms with van der Waals surface area (Å²) in [6.07, 6.45) is 2.06. The Morgan fingerprint density at radius 3 is 2.54 bits per heavy atom. The molecule has 8 heteroatoms. The fourth-order valence-corrected chi connectivity index (χ4v) is 2.21. The highest BCUT2D eigenvalue weighted by Crippen LogP contribution is 2.22. The Balaban J connectivity index is 1.65. The minimum Gasteiger partial charge on any atom is -0.472 e. The van der Waals surface area contributed by atoms with Crippen molar-refractivity contribution in [3.63, 3.8) is 0 Å². The Labute approximate surface area is 149 Å². The molecule has 0 saturated carbocycles. The number of nitrogens with zero attached hydrogens (tertiary/aromatic N) is 4. The first-order valence-corrected chi connectivity index (χ1v) is 7.91. The molecule has 0 aliphatic carbocycles. The van der Waals surface area contributed by atoms with E-state index in [4.69, 9.17) is 4.74 Å². The maximum Gasteiger partial charge on any atom is 0.265 e. The van der Waals surface area contributed by atoms with Crippen molar-refractivity contribution in [3.05, 3.63) is 59.7 Å². The first-order chi connectivity index (χ1) is 12.5. The van der Waals surface area contributed by atoms with E-state index in [0.29, 0.717) is 23.9 Å². The minimum atomic E-state index is -2.52. The standard InChI is InChI=1S/C18H17F2N5O/c1-11(12(2)15-4-3-13(7-21-15)18(19)20)10-26-17-6-5-16(24-25-17)14-8-22-23-9-14/h3-9,18H,10H2,1-2H3,(H,22,23)/b12-11-. The number of aromatic amines is 1. The van der Waals surface area contributed by atoms with E-state index in [-0.39, 0.29) is 5.56 Å². The summed E-state index contributed by atoms with van der Waals surface area (Å²) < 4.78 is 30.8. The highest BCUT2D eigenvalue weighted by molar-refractivity contribution is 5.64. The van der Waals surface area contributed by atoms with Gasteiger partial charge in [0.15, 0.2) is 0 Å². The molecule has 0 aromatic carbocycles. The number of nitrogens with one attached hydrogen (secondary N) is 1. The molecule has 1 N–H and O–H groups in total. The van der Waals surface area contributed by atoms with E-state index in [1.165, 1.54) is 12.3 Å². The number of halogens is 2. The van der Waals surface area contributed by atoms with Crippen LogP contribution in [-0.4, -0.2) is 32.0 Å². The third-order valence-corrected chi connectivity index (χ3v) is 3.93. The van der Waals surface area contributed by atoms with Gasteiger partial charge in [-0.2, -0.15) is 5.10 Å². The summed E-state index contributed by atoms with van der Waals surface area (Å²) in [7, 11) is 0. The average molecular weight is 357 g/mol. The average Bonchev–Trinajstić information content (AvgIpc) is 3.20. The molecule has 0 radical (unpaired) electrons. The summed E-state index contributed by atoms with van der Waals surface area (Å²) in [5.74, 6) is 0.394. The molecule has 0 bridgehead atoms. The lowest BCUT2D eigenvalue weighted by molar-refractivity contribution is 0.151. The number of ether oxygens (including phenoxy) is 1. The van der Waals surface area contributed by atoms with Crippen molar-refractivity contribution in [2.45, 2.75) is 20.3 Å². The summed E-state index contributed by atoms with van der Waals surface area (Å²) in [4.78, 5) is 4.09. The van der Waals surface area contributed by atoms with Crippen LogP contribution >= 0.6 is 0 Å². The van der Waals surface area contributed by atoms with Gasteiger partial charge in [-0.15, -0.1) is 10.2 Å². The lowest BCUT2D eigenvalue weighted by atomic mass is 10.1. The summed E-state index contributed by atoms with van der Waals surface area (Å²) >= 11 is 0. The highest BCUT2D eigenvalue weighted by atomic mass is 19.3. The number of aromatic nitrogens is 5. The number of hydrogen-bond acceptors (Lipinski definition) is 5. The fraction of sp³-hybridized carbons (Fsp3) is 0.222. The van der Waals surface area contributed by atoms with Gasteiger partial charge in [0.1, 0.15) is 6.61 Å². The van der Waals surface area contributed by atoms with Crippen LogP contribution in [0.25, 0.3) is 16.8 Å². The number of hydrogen-bond donors (Lipinski definition) is 1. The summed E-state index contributed by atoms with van der Waals surface area (Å²) in [6.45, 7) is 4.06. The molecule has 0 aliphatic heterocycles. The predicted molar refractivity (Wildman–Crippen MR) is 92.6 cm³/mol. The zero-order chi connectivity index (χ0) is 18.5. The second kappa shape index (κ2) is 7.81. The molecule has 0 saturated heterocycles. The Morgan fingerprint density at radius 1 is 1.12 bits per heavy atom. The Morgan fingerprint density at radius 2 is 1.96 bits per heavy atom. The third-order valence-electron chi connectivity index (χ3n) is 3.93. The fourth-order valence-electron chi connectivity index (χ4n) is 2.21. The second-order valence-electron chi connectivity index (χ2n) is 5.72. The molecule has 26 heavy (non-hydrogen) atoms. The van der Waals surface area contributed by atoms with Crippen LogP contribution in [-0.2, 0) is 0 Å². The van der Waals surface area contributed by atoms with Crippen molar-refractivity contribution < 1.29 is 13.5 Å². The largest absolute Gasteiger partial charge is 0.472 e. The van der Waals surface area contributed by atoms with Crippen molar-refractivity contribution >= 4 is 5.57 Å². The Bertz CT molecular complexity index is 875. The molecule has 0 atom stereocenters. The van der Waals surface area contributed by atoms with Crippen molar-refractivity contribution in [3.8, 4) is 17.1 Å². The first kappa shape index (κ1) is 17.7. The van der Waals surface area contributed by atoms with Gasteiger partial charge in [-0.25, -0.2) is 8.78 Å². The third kappa shape index (κ3) is 4.08. The van der Waals surface area contributed by atoms with Crippen LogP contribution in [0.3, 0.4) is 0 Å². The monoisotopic (exact) mass is 357 g/mol. The Hall–Kier alpha value is -3.16. The van der Waals surface area contributed by atoms with Gasteiger partial charge < -0.3 is 4.74 Å². The molecule has 3 heterocycles. The smallest absolute Gasteiger partial charge is 0.265 e. The maximum atomic E-state index is 12.6.